The lowest BCUT2D eigenvalue weighted by molar-refractivity contribution is -0.0285. The third-order valence-corrected chi connectivity index (χ3v) is 3.01. The van der Waals surface area contributed by atoms with Gasteiger partial charge < -0.3 is 9.47 Å². The number of nitrogens with zero attached hydrogens (tertiary/aromatic N) is 1. The second kappa shape index (κ2) is 8.04. The van der Waals surface area contributed by atoms with Crippen LogP contribution < -0.4 is 0 Å². The molecule has 1 aliphatic heterocycles. The minimum absolute atomic E-state index is 0.0161. The van der Waals surface area contributed by atoms with Crippen molar-refractivity contribution in [2.45, 2.75) is 52.7 Å². The first-order valence-corrected chi connectivity index (χ1v) is 6.42. The molecule has 1 aliphatic rings. The van der Waals surface area contributed by atoms with E-state index >= 15 is 0 Å². The Hall–Kier alpha value is -0.120. The van der Waals surface area contributed by atoms with Crippen molar-refractivity contribution in [2.75, 3.05) is 33.4 Å². The molecule has 0 radical (unpaired) electrons. The van der Waals surface area contributed by atoms with Crippen molar-refractivity contribution in [1.29, 1.82) is 0 Å². The molecule has 0 amide bonds. The van der Waals surface area contributed by atoms with Gasteiger partial charge in [0.1, 0.15) is 0 Å². The van der Waals surface area contributed by atoms with E-state index in [1.54, 1.807) is 7.11 Å². The fraction of sp³-hybridized carbons (Fsp3) is 1.00. The van der Waals surface area contributed by atoms with Gasteiger partial charge in [-0.3, -0.25) is 4.90 Å². The van der Waals surface area contributed by atoms with E-state index in [4.69, 9.17) is 9.47 Å². The first kappa shape index (κ1) is 15.9. The van der Waals surface area contributed by atoms with Crippen LogP contribution in [0.15, 0.2) is 0 Å². The summed E-state index contributed by atoms with van der Waals surface area (Å²) in [5.41, 5.74) is -0.0161. The summed E-state index contributed by atoms with van der Waals surface area (Å²) in [6, 6.07) is 0.578. The Bertz CT molecular complexity index is 165. The van der Waals surface area contributed by atoms with Gasteiger partial charge in [-0.1, -0.05) is 13.8 Å². The highest BCUT2D eigenvalue weighted by molar-refractivity contribution is 4.78. The molecule has 1 rings (SSSR count). The molecule has 0 aromatic carbocycles. The van der Waals surface area contributed by atoms with Gasteiger partial charge in [0.05, 0.1) is 18.8 Å². The second-order valence-corrected chi connectivity index (χ2v) is 4.67. The SMILES string of the molecule is CC.COC(C)(C)CC(C)N1CCOCC1. The van der Waals surface area contributed by atoms with Gasteiger partial charge in [-0.15, -0.1) is 0 Å². The average Bonchev–Trinajstić information content (AvgIpc) is 2.32. The summed E-state index contributed by atoms with van der Waals surface area (Å²) >= 11 is 0. The quantitative estimate of drug-likeness (QED) is 0.742. The van der Waals surface area contributed by atoms with Crippen LogP contribution in [0.2, 0.25) is 0 Å². The van der Waals surface area contributed by atoms with E-state index in [2.05, 4.69) is 25.7 Å². The van der Waals surface area contributed by atoms with E-state index in [9.17, 15) is 0 Å². The lowest BCUT2D eigenvalue weighted by Gasteiger charge is -2.36. The molecule has 1 atom stereocenters. The summed E-state index contributed by atoms with van der Waals surface area (Å²) < 4.78 is 10.8. The van der Waals surface area contributed by atoms with Crippen LogP contribution in [0.25, 0.3) is 0 Å². The Morgan fingerprint density at radius 3 is 2.19 bits per heavy atom. The molecule has 0 bridgehead atoms. The summed E-state index contributed by atoms with van der Waals surface area (Å²) in [6.07, 6.45) is 1.07. The predicted molar refractivity (Wildman–Crippen MR) is 68.9 cm³/mol. The van der Waals surface area contributed by atoms with Gasteiger partial charge in [0.2, 0.25) is 0 Å². The molecule has 0 aromatic rings. The number of rotatable bonds is 4. The topological polar surface area (TPSA) is 21.7 Å². The second-order valence-electron chi connectivity index (χ2n) is 4.67. The molecule has 0 N–H and O–H groups in total. The Morgan fingerprint density at radius 2 is 1.75 bits per heavy atom. The fourth-order valence-electron chi connectivity index (χ4n) is 1.94. The maximum Gasteiger partial charge on any atom is 0.0637 e. The van der Waals surface area contributed by atoms with Crippen molar-refractivity contribution in [3.05, 3.63) is 0 Å². The average molecular weight is 231 g/mol. The fourth-order valence-corrected chi connectivity index (χ4v) is 1.94. The molecule has 3 heteroatoms. The van der Waals surface area contributed by atoms with Crippen LogP contribution in [0.5, 0.6) is 0 Å². The van der Waals surface area contributed by atoms with Crippen molar-refractivity contribution in [2.24, 2.45) is 0 Å². The lowest BCUT2D eigenvalue weighted by atomic mass is 9.98. The Balaban J connectivity index is 0.00000106. The first-order chi connectivity index (χ1) is 7.55. The monoisotopic (exact) mass is 231 g/mol. The van der Waals surface area contributed by atoms with Crippen LogP contribution >= 0.6 is 0 Å². The zero-order valence-corrected chi connectivity index (χ0v) is 11.9. The van der Waals surface area contributed by atoms with Crippen LogP contribution in [0, 0.1) is 0 Å². The molecule has 1 saturated heterocycles. The Kier molecular flexibility index (Phi) is 7.98. The van der Waals surface area contributed by atoms with Gasteiger partial charge >= 0.3 is 0 Å². The largest absolute Gasteiger partial charge is 0.379 e. The van der Waals surface area contributed by atoms with Crippen LogP contribution in [0.3, 0.4) is 0 Å². The summed E-state index contributed by atoms with van der Waals surface area (Å²) in [5.74, 6) is 0. The van der Waals surface area contributed by atoms with Gasteiger partial charge in [0.25, 0.3) is 0 Å². The van der Waals surface area contributed by atoms with E-state index in [0.29, 0.717) is 6.04 Å². The number of hydrogen-bond donors (Lipinski definition) is 0. The zero-order valence-electron chi connectivity index (χ0n) is 11.9. The molecule has 1 unspecified atom stereocenters. The van der Waals surface area contributed by atoms with E-state index < -0.39 is 0 Å². The molecule has 0 spiro atoms. The van der Waals surface area contributed by atoms with Crippen molar-refractivity contribution >= 4 is 0 Å². The summed E-state index contributed by atoms with van der Waals surface area (Å²) in [4.78, 5) is 2.48. The van der Waals surface area contributed by atoms with Crippen molar-refractivity contribution in [1.82, 2.24) is 4.90 Å². The molecular formula is C13H29NO2. The molecule has 16 heavy (non-hydrogen) atoms. The zero-order chi connectivity index (χ0) is 12.6. The number of ether oxygens (including phenoxy) is 2. The maximum atomic E-state index is 5.44. The summed E-state index contributed by atoms with van der Waals surface area (Å²) in [6.45, 7) is 14.4. The van der Waals surface area contributed by atoms with Gasteiger partial charge in [-0.25, -0.2) is 0 Å². The van der Waals surface area contributed by atoms with Gasteiger partial charge in [0.15, 0.2) is 0 Å². The number of morpholine rings is 1. The minimum Gasteiger partial charge on any atom is -0.379 e. The Morgan fingerprint density at radius 1 is 1.25 bits per heavy atom. The van der Waals surface area contributed by atoms with Crippen molar-refractivity contribution < 1.29 is 9.47 Å². The molecule has 0 aromatic heterocycles. The van der Waals surface area contributed by atoms with E-state index in [-0.39, 0.29) is 5.60 Å². The standard InChI is InChI=1S/C11H23NO2.C2H6/c1-10(9-11(2,3)13-4)12-5-7-14-8-6-12;1-2/h10H,5-9H2,1-4H3;1-2H3. The van der Waals surface area contributed by atoms with Crippen LogP contribution in [0.4, 0.5) is 0 Å². The van der Waals surface area contributed by atoms with Gasteiger partial charge in [-0.05, 0) is 27.2 Å². The van der Waals surface area contributed by atoms with Gasteiger partial charge in [-0.2, -0.15) is 0 Å². The van der Waals surface area contributed by atoms with E-state index in [1.165, 1.54) is 0 Å². The minimum atomic E-state index is -0.0161. The molecule has 0 saturated carbocycles. The van der Waals surface area contributed by atoms with Gasteiger partial charge in [0, 0.05) is 26.2 Å². The third-order valence-electron chi connectivity index (χ3n) is 3.01. The third kappa shape index (κ3) is 5.83. The predicted octanol–water partition coefficient (Wildman–Crippen LogP) is 2.55. The highest BCUT2D eigenvalue weighted by Gasteiger charge is 2.25. The molecule has 98 valence electrons. The number of methoxy groups -OCH3 is 1. The Labute approximate surface area is 101 Å². The summed E-state index contributed by atoms with van der Waals surface area (Å²) in [7, 11) is 1.78. The number of hydrogen-bond acceptors (Lipinski definition) is 3. The van der Waals surface area contributed by atoms with Crippen LogP contribution in [0.1, 0.15) is 41.0 Å². The van der Waals surface area contributed by atoms with E-state index in [0.717, 1.165) is 32.7 Å². The smallest absolute Gasteiger partial charge is 0.0637 e. The molecule has 1 heterocycles. The van der Waals surface area contributed by atoms with Crippen molar-refractivity contribution in [3.8, 4) is 0 Å². The highest BCUT2D eigenvalue weighted by atomic mass is 16.5. The molecular weight excluding hydrogens is 202 g/mol. The van der Waals surface area contributed by atoms with E-state index in [1.807, 2.05) is 13.8 Å². The molecule has 1 fully saturated rings. The maximum absolute atomic E-state index is 5.44. The summed E-state index contributed by atoms with van der Waals surface area (Å²) in [5, 5.41) is 0. The highest BCUT2D eigenvalue weighted by Crippen LogP contribution is 2.19. The first-order valence-electron chi connectivity index (χ1n) is 6.42. The molecule has 0 aliphatic carbocycles. The van der Waals surface area contributed by atoms with Crippen LogP contribution in [-0.2, 0) is 9.47 Å². The van der Waals surface area contributed by atoms with Crippen LogP contribution in [-0.4, -0.2) is 50.0 Å². The normalized spacial score (nSPS) is 19.9. The molecule has 3 nitrogen and oxygen atoms in total. The van der Waals surface area contributed by atoms with Crippen molar-refractivity contribution in [3.63, 3.8) is 0 Å². The lowest BCUT2D eigenvalue weighted by Crippen LogP contribution is -2.45.